The number of carbonyl (C=O) groups excluding carboxylic acids is 1. The summed E-state index contributed by atoms with van der Waals surface area (Å²) < 4.78 is 47.0. The number of benzene rings is 2. The normalized spacial score (nSPS) is 12.2. The van der Waals surface area contributed by atoms with E-state index in [0.717, 1.165) is 11.8 Å². The molecule has 0 aliphatic rings. The highest BCUT2D eigenvalue weighted by Gasteiger charge is 2.20. The number of alkyl halides is 2. The Kier molecular flexibility index (Phi) is 5.80. The van der Waals surface area contributed by atoms with Crippen LogP contribution >= 0.6 is 11.8 Å². The van der Waals surface area contributed by atoms with Crippen LogP contribution in [0.5, 0.6) is 5.75 Å². The summed E-state index contributed by atoms with van der Waals surface area (Å²) in [4.78, 5) is 12.5. The molecule has 0 amide bonds. The highest BCUT2D eigenvalue weighted by atomic mass is 32.2. The molecule has 0 saturated heterocycles. The minimum Gasteiger partial charge on any atom is -0.435 e. The lowest BCUT2D eigenvalue weighted by molar-refractivity contribution is -0.0498. The van der Waals surface area contributed by atoms with Gasteiger partial charge in [-0.25, -0.2) is 4.39 Å². The molecule has 0 aliphatic carbocycles. The van der Waals surface area contributed by atoms with E-state index in [1.807, 2.05) is 0 Å². The Morgan fingerprint density at radius 2 is 1.74 bits per heavy atom. The molecule has 0 N–H and O–H groups in total. The molecule has 140 valence electrons. The lowest BCUT2D eigenvalue weighted by atomic mass is 10.1. The van der Waals surface area contributed by atoms with Gasteiger partial charge in [-0.1, -0.05) is 11.8 Å². The van der Waals surface area contributed by atoms with Crippen LogP contribution in [0, 0.1) is 5.82 Å². The van der Waals surface area contributed by atoms with E-state index in [0.29, 0.717) is 11.1 Å². The minimum absolute atomic E-state index is 0.0253. The van der Waals surface area contributed by atoms with Crippen molar-refractivity contribution in [2.24, 2.45) is 0 Å². The molecule has 0 spiro atoms. The Bertz CT molecular complexity index is 914. The van der Waals surface area contributed by atoms with E-state index < -0.39 is 11.9 Å². The molecule has 1 heterocycles. The van der Waals surface area contributed by atoms with Crippen LogP contribution < -0.4 is 4.74 Å². The first-order chi connectivity index (χ1) is 12.9. The molecule has 0 bridgehead atoms. The molecule has 9 heteroatoms. The van der Waals surface area contributed by atoms with Crippen LogP contribution in [0.2, 0.25) is 0 Å². The first kappa shape index (κ1) is 19.0. The van der Waals surface area contributed by atoms with E-state index in [-0.39, 0.29) is 28.5 Å². The predicted molar refractivity (Wildman–Crippen MR) is 92.4 cm³/mol. The third kappa shape index (κ3) is 4.88. The summed E-state index contributed by atoms with van der Waals surface area (Å²) in [6.07, 6.45) is 0. The molecule has 0 unspecified atom stereocenters. The Morgan fingerprint density at radius 1 is 1.07 bits per heavy atom. The van der Waals surface area contributed by atoms with E-state index in [9.17, 15) is 18.0 Å². The monoisotopic (exact) mass is 394 g/mol. The average molecular weight is 394 g/mol. The fourth-order valence-corrected chi connectivity index (χ4v) is 2.97. The molecular weight excluding hydrogens is 381 g/mol. The molecular formula is C18H13F3N2O3S. The van der Waals surface area contributed by atoms with Crippen molar-refractivity contribution < 1.29 is 27.1 Å². The molecule has 0 fully saturated rings. The van der Waals surface area contributed by atoms with Crippen molar-refractivity contribution in [2.75, 3.05) is 0 Å². The van der Waals surface area contributed by atoms with Gasteiger partial charge < -0.3 is 9.15 Å². The van der Waals surface area contributed by atoms with Gasteiger partial charge in [-0.2, -0.15) is 8.78 Å². The van der Waals surface area contributed by atoms with Gasteiger partial charge in [-0.3, -0.25) is 4.79 Å². The second-order valence-electron chi connectivity index (χ2n) is 5.41. The van der Waals surface area contributed by atoms with E-state index in [1.165, 1.54) is 48.5 Å². The number of aromatic nitrogens is 2. The number of halogens is 3. The number of hydrogen-bond acceptors (Lipinski definition) is 6. The zero-order valence-electron chi connectivity index (χ0n) is 13.9. The minimum atomic E-state index is -2.92. The summed E-state index contributed by atoms with van der Waals surface area (Å²) in [5.41, 5.74) is 0.902. The van der Waals surface area contributed by atoms with Gasteiger partial charge in [0.25, 0.3) is 5.22 Å². The van der Waals surface area contributed by atoms with E-state index in [4.69, 9.17) is 4.42 Å². The first-order valence-corrected chi connectivity index (χ1v) is 8.65. The molecule has 0 radical (unpaired) electrons. The van der Waals surface area contributed by atoms with Gasteiger partial charge in [0.15, 0.2) is 5.78 Å². The highest BCUT2D eigenvalue weighted by molar-refractivity contribution is 8.00. The Labute approximate surface area is 156 Å². The van der Waals surface area contributed by atoms with Crippen LogP contribution in [0.3, 0.4) is 0 Å². The summed E-state index contributed by atoms with van der Waals surface area (Å²) >= 11 is 1.06. The van der Waals surface area contributed by atoms with Crippen molar-refractivity contribution in [1.82, 2.24) is 10.2 Å². The number of Topliss-reactive ketones (excluding diaryl/α,β-unsaturated/α-hetero) is 1. The molecule has 1 atom stereocenters. The van der Waals surface area contributed by atoms with Gasteiger partial charge in [-0.05, 0) is 55.5 Å². The van der Waals surface area contributed by atoms with Gasteiger partial charge in [0.1, 0.15) is 11.6 Å². The van der Waals surface area contributed by atoms with Gasteiger partial charge >= 0.3 is 6.61 Å². The molecule has 1 aromatic heterocycles. The number of hydrogen-bond donors (Lipinski definition) is 0. The van der Waals surface area contributed by atoms with Gasteiger partial charge in [0.2, 0.25) is 5.89 Å². The smallest absolute Gasteiger partial charge is 0.387 e. The van der Waals surface area contributed by atoms with E-state index >= 15 is 0 Å². The van der Waals surface area contributed by atoms with Crippen LogP contribution in [0.15, 0.2) is 58.2 Å². The van der Waals surface area contributed by atoms with Gasteiger partial charge in [0.05, 0.1) is 5.25 Å². The molecule has 0 saturated carbocycles. The average Bonchev–Trinajstić information content (AvgIpc) is 3.10. The second kappa shape index (κ2) is 8.26. The summed E-state index contributed by atoms with van der Waals surface area (Å²) in [5, 5.41) is 7.40. The number of ether oxygens (including phenoxy) is 1. The van der Waals surface area contributed by atoms with Crippen molar-refractivity contribution in [2.45, 2.75) is 24.0 Å². The SMILES string of the molecule is C[C@H](Sc1nnc(-c2ccc(F)cc2)o1)C(=O)c1ccc(OC(F)F)cc1. The summed E-state index contributed by atoms with van der Waals surface area (Å²) in [6, 6.07) is 11.0. The topological polar surface area (TPSA) is 65.2 Å². The lowest BCUT2D eigenvalue weighted by Gasteiger charge is -2.09. The van der Waals surface area contributed by atoms with Crippen molar-refractivity contribution in [3.8, 4) is 17.2 Å². The Morgan fingerprint density at radius 3 is 2.37 bits per heavy atom. The summed E-state index contributed by atoms with van der Waals surface area (Å²) in [5.74, 6) is -0.421. The van der Waals surface area contributed by atoms with Gasteiger partial charge in [-0.15, -0.1) is 10.2 Å². The molecule has 3 rings (SSSR count). The third-order valence-electron chi connectivity index (χ3n) is 3.51. The maximum atomic E-state index is 13.0. The number of ketones is 1. The molecule has 2 aromatic carbocycles. The Balaban J connectivity index is 1.65. The zero-order chi connectivity index (χ0) is 19.4. The number of thioether (sulfide) groups is 1. The van der Waals surface area contributed by atoms with Crippen LogP contribution in [0.1, 0.15) is 17.3 Å². The molecule has 3 aromatic rings. The lowest BCUT2D eigenvalue weighted by Crippen LogP contribution is -2.13. The fourth-order valence-electron chi connectivity index (χ4n) is 2.21. The predicted octanol–water partition coefficient (Wildman–Crippen LogP) is 4.84. The van der Waals surface area contributed by atoms with Crippen LogP contribution in [-0.4, -0.2) is 27.8 Å². The number of nitrogens with zero attached hydrogens (tertiary/aromatic N) is 2. The molecule has 27 heavy (non-hydrogen) atoms. The zero-order valence-corrected chi connectivity index (χ0v) is 14.8. The number of rotatable bonds is 7. The standard InChI is InChI=1S/C18H13F3N2O3S/c1-10(15(24)11-4-8-14(9-5-11)25-17(20)21)27-18-23-22-16(26-18)12-2-6-13(19)7-3-12/h2-10,17H,1H3/t10-/m0/s1. The largest absolute Gasteiger partial charge is 0.435 e. The second-order valence-corrected chi connectivity index (χ2v) is 6.70. The van der Waals surface area contributed by atoms with Crippen molar-refractivity contribution >= 4 is 17.5 Å². The van der Waals surface area contributed by atoms with Crippen LogP contribution in [-0.2, 0) is 0 Å². The van der Waals surface area contributed by atoms with Crippen molar-refractivity contribution in [1.29, 1.82) is 0 Å². The molecule has 0 aliphatic heterocycles. The summed E-state index contributed by atoms with van der Waals surface area (Å²) in [7, 11) is 0. The maximum absolute atomic E-state index is 13.0. The quantitative estimate of drug-likeness (QED) is 0.422. The van der Waals surface area contributed by atoms with E-state index in [2.05, 4.69) is 14.9 Å². The van der Waals surface area contributed by atoms with Crippen LogP contribution in [0.4, 0.5) is 13.2 Å². The maximum Gasteiger partial charge on any atom is 0.387 e. The van der Waals surface area contributed by atoms with Crippen molar-refractivity contribution in [3.05, 3.63) is 59.9 Å². The highest BCUT2D eigenvalue weighted by Crippen LogP contribution is 2.28. The van der Waals surface area contributed by atoms with Crippen LogP contribution in [0.25, 0.3) is 11.5 Å². The number of carbonyl (C=O) groups is 1. The third-order valence-corrected chi connectivity index (χ3v) is 4.44. The first-order valence-electron chi connectivity index (χ1n) is 7.77. The van der Waals surface area contributed by atoms with Crippen molar-refractivity contribution in [3.63, 3.8) is 0 Å². The Hall–Kier alpha value is -2.81. The van der Waals surface area contributed by atoms with Gasteiger partial charge in [0, 0.05) is 11.1 Å². The van der Waals surface area contributed by atoms with E-state index in [1.54, 1.807) is 6.92 Å². The molecule has 5 nitrogen and oxygen atoms in total. The fraction of sp³-hybridized carbons (Fsp3) is 0.167. The summed E-state index contributed by atoms with van der Waals surface area (Å²) in [6.45, 7) is -1.26.